The molecule has 0 aliphatic rings. The molecule has 1 amide bonds. The zero-order chi connectivity index (χ0) is 16.0. The third-order valence-electron chi connectivity index (χ3n) is 3.31. The zero-order valence-corrected chi connectivity index (χ0v) is 14.7. The Morgan fingerprint density at radius 2 is 2.10 bits per heavy atom. The molecule has 0 aliphatic carbocycles. The average Bonchev–Trinajstić information content (AvgIpc) is 2.38. The topological polar surface area (TPSA) is 69.6 Å². The number of carbonyl (C=O) groups excluding carboxylic acids is 1. The lowest BCUT2D eigenvalue weighted by Crippen LogP contribution is -2.40. The number of aryl methyl sites for hydroxylation is 1. The van der Waals surface area contributed by atoms with Crippen LogP contribution in [0.1, 0.15) is 25.8 Å². The summed E-state index contributed by atoms with van der Waals surface area (Å²) in [5.41, 5.74) is 1.80. The van der Waals surface area contributed by atoms with Crippen molar-refractivity contribution in [3.05, 3.63) is 27.3 Å². The molecular formula is C15H21IN2O3. The van der Waals surface area contributed by atoms with Crippen molar-refractivity contribution in [2.75, 3.05) is 18.4 Å². The van der Waals surface area contributed by atoms with Gasteiger partial charge >= 0.3 is 5.97 Å². The Morgan fingerprint density at radius 1 is 1.43 bits per heavy atom. The normalized spacial score (nSPS) is 12.2. The molecule has 0 spiro atoms. The Balaban J connectivity index is 2.64. The smallest absolute Gasteiger partial charge is 0.304 e. The van der Waals surface area contributed by atoms with Gasteiger partial charge < -0.3 is 10.4 Å². The largest absolute Gasteiger partial charge is 0.481 e. The highest BCUT2D eigenvalue weighted by Crippen LogP contribution is 2.17. The molecule has 0 bridgehead atoms. The van der Waals surface area contributed by atoms with Crippen molar-refractivity contribution in [3.8, 4) is 0 Å². The third-order valence-corrected chi connectivity index (χ3v) is 3.98. The molecule has 1 aromatic carbocycles. The van der Waals surface area contributed by atoms with E-state index in [0.717, 1.165) is 14.8 Å². The van der Waals surface area contributed by atoms with Gasteiger partial charge in [0.1, 0.15) is 0 Å². The first kappa shape index (κ1) is 17.9. The van der Waals surface area contributed by atoms with Crippen LogP contribution >= 0.6 is 22.6 Å². The summed E-state index contributed by atoms with van der Waals surface area (Å²) in [5, 5.41) is 11.7. The average molecular weight is 404 g/mol. The molecule has 1 aromatic rings. The maximum Gasteiger partial charge on any atom is 0.304 e. The van der Waals surface area contributed by atoms with E-state index in [4.69, 9.17) is 5.11 Å². The first-order chi connectivity index (χ1) is 9.83. The van der Waals surface area contributed by atoms with Crippen LogP contribution < -0.4 is 5.32 Å². The van der Waals surface area contributed by atoms with E-state index in [-0.39, 0.29) is 24.9 Å². The molecule has 1 rings (SSSR count). The summed E-state index contributed by atoms with van der Waals surface area (Å²) in [5.74, 6) is -0.978. The molecule has 5 nitrogen and oxygen atoms in total. The molecule has 0 aliphatic heterocycles. The zero-order valence-electron chi connectivity index (χ0n) is 12.5. The Labute approximate surface area is 138 Å². The fourth-order valence-corrected chi connectivity index (χ4v) is 2.75. The molecule has 0 radical (unpaired) electrons. The summed E-state index contributed by atoms with van der Waals surface area (Å²) in [6.07, 6.45) is 0.0314. The Hall–Kier alpha value is -1.15. The second-order valence-corrected chi connectivity index (χ2v) is 6.26. The van der Waals surface area contributed by atoms with E-state index < -0.39 is 5.97 Å². The molecule has 1 atom stereocenters. The minimum atomic E-state index is -0.852. The minimum absolute atomic E-state index is 0.0314. The number of likely N-dealkylation sites (N-methyl/N-ethyl adjacent to an activating group) is 1. The molecule has 0 heterocycles. The van der Waals surface area contributed by atoms with Crippen molar-refractivity contribution < 1.29 is 14.7 Å². The third kappa shape index (κ3) is 6.01. The highest BCUT2D eigenvalue weighted by molar-refractivity contribution is 14.1. The number of carboxylic acid groups (broad SMARTS) is 1. The van der Waals surface area contributed by atoms with Gasteiger partial charge in [0.15, 0.2) is 0 Å². The van der Waals surface area contributed by atoms with Crippen molar-refractivity contribution in [2.24, 2.45) is 0 Å². The predicted octanol–water partition coefficient (Wildman–Crippen LogP) is 2.72. The van der Waals surface area contributed by atoms with Crippen molar-refractivity contribution >= 4 is 40.2 Å². The molecule has 0 saturated heterocycles. The van der Waals surface area contributed by atoms with Crippen LogP contribution in [0, 0.1) is 10.5 Å². The monoisotopic (exact) mass is 404 g/mol. The van der Waals surface area contributed by atoms with Gasteiger partial charge in [-0.1, -0.05) is 6.92 Å². The lowest BCUT2D eigenvalue weighted by atomic mass is 10.2. The van der Waals surface area contributed by atoms with Crippen molar-refractivity contribution in [1.82, 2.24) is 4.90 Å². The Kier molecular flexibility index (Phi) is 7.10. The van der Waals surface area contributed by atoms with Gasteiger partial charge in [0, 0.05) is 15.3 Å². The van der Waals surface area contributed by atoms with Gasteiger partial charge in [-0.05, 0) is 66.7 Å². The van der Waals surface area contributed by atoms with E-state index in [1.54, 1.807) is 0 Å². The number of rotatable bonds is 7. The molecule has 6 heteroatoms. The second-order valence-electron chi connectivity index (χ2n) is 5.02. The van der Waals surface area contributed by atoms with Crippen LogP contribution in [0.5, 0.6) is 0 Å². The van der Waals surface area contributed by atoms with Crippen LogP contribution in [-0.4, -0.2) is 41.0 Å². The maximum atomic E-state index is 12.1. The number of carboxylic acids is 1. The fraction of sp³-hybridized carbons (Fsp3) is 0.467. The lowest BCUT2D eigenvalue weighted by molar-refractivity contribution is -0.138. The molecule has 21 heavy (non-hydrogen) atoms. The van der Waals surface area contributed by atoms with Crippen LogP contribution in [0.15, 0.2) is 18.2 Å². The van der Waals surface area contributed by atoms with Crippen molar-refractivity contribution in [1.29, 1.82) is 0 Å². The summed E-state index contributed by atoms with van der Waals surface area (Å²) >= 11 is 2.22. The highest BCUT2D eigenvalue weighted by Gasteiger charge is 2.18. The molecule has 0 saturated carbocycles. The summed E-state index contributed by atoms with van der Waals surface area (Å²) in [7, 11) is 0. The van der Waals surface area contributed by atoms with E-state index in [2.05, 4.69) is 27.9 Å². The SMILES string of the molecule is CCN(CC(=O)Nc1ccc(I)cc1C)C(C)CC(=O)O. The summed E-state index contributed by atoms with van der Waals surface area (Å²) in [4.78, 5) is 24.7. The van der Waals surface area contributed by atoms with Crippen LogP contribution in [0.25, 0.3) is 0 Å². The predicted molar refractivity (Wildman–Crippen MR) is 91.5 cm³/mol. The van der Waals surface area contributed by atoms with Crippen LogP contribution in [-0.2, 0) is 9.59 Å². The van der Waals surface area contributed by atoms with Gasteiger partial charge in [-0.25, -0.2) is 0 Å². The number of carbonyl (C=O) groups is 2. The lowest BCUT2D eigenvalue weighted by Gasteiger charge is -2.26. The van der Waals surface area contributed by atoms with E-state index in [1.165, 1.54) is 0 Å². The molecule has 0 fully saturated rings. The van der Waals surface area contributed by atoms with Gasteiger partial charge in [0.25, 0.3) is 0 Å². The number of amides is 1. The summed E-state index contributed by atoms with van der Waals surface area (Å²) in [6.45, 7) is 6.51. The van der Waals surface area contributed by atoms with Crippen molar-refractivity contribution in [3.63, 3.8) is 0 Å². The standard InChI is InChI=1S/C15H21IN2O3/c1-4-18(11(3)8-15(20)21)9-14(19)17-13-6-5-12(16)7-10(13)2/h5-7,11H,4,8-9H2,1-3H3,(H,17,19)(H,20,21). The minimum Gasteiger partial charge on any atom is -0.481 e. The Bertz CT molecular complexity index is 520. The molecule has 1 unspecified atom stereocenters. The fourth-order valence-electron chi connectivity index (χ4n) is 2.10. The number of aliphatic carboxylic acids is 1. The number of nitrogens with zero attached hydrogens (tertiary/aromatic N) is 1. The number of anilines is 1. The van der Waals surface area contributed by atoms with Gasteiger partial charge in [-0.3, -0.25) is 14.5 Å². The van der Waals surface area contributed by atoms with Crippen molar-refractivity contribution in [2.45, 2.75) is 33.2 Å². The van der Waals surface area contributed by atoms with Crippen LogP contribution in [0.4, 0.5) is 5.69 Å². The van der Waals surface area contributed by atoms with E-state index in [9.17, 15) is 9.59 Å². The van der Waals surface area contributed by atoms with Gasteiger partial charge in [0.2, 0.25) is 5.91 Å². The molecule has 0 aromatic heterocycles. The van der Waals surface area contributed by atoms with E-state index >= 15 is 0 Å². The first-order valence-corrected chi connectivity index (χ1v) is 7.93. The number of hydrogen-bond donors (Lipinski definition) is 2. The van der Waals surface area contributed by atoms with Crippen LogP contribution in [0.3, 0.4) is 0 Å². The second kappa shape index (κ2) is 8.33. The summed E-state index contributed by atoms with van der Waals surface area (Å²) in [6, 6.07) is 5.65. The maximum absolute atomic E-state index is 12.1. The van der Waals surface area contributed by atoms with E-state index in [1.807, 2.05) is 43.9 Å². The highest BCUT2D eigenvalue weighted by atomic mass is 127. The van der Waals surface area contributed by atoms with Crippen LogP contribution in [0.2, 0.25) is 0 Å². The Morgan fingerprint density at radius 3 is 2.62 bits per heavy atom. The molecular weight excluding hydrogens is 383 g/mol. The first-order valence-electron chi connectivity index (χ1n) is 6.85. The number of halogens is 1. The number of hydrogen-bond acceptors (Lipinski definition) is 3. The number of nitrogens with one attached hydrogen (secondary N) is 1. The molecule has 116 valence electrons. The summed E-state index contributed by atoms with van der Waals surface area (Å²) < 4.78 is 1.12. The quantitative estimate of drug-likeness (QED) is 0.686. The van der Waals surface area contributed by atoms with E-state index in [0.29, 0.717) is 6.54 Å². The van der Waals surface area contributed by atoms with Gasteiger partial charge in [0.05, 0.1) is 13.0 Å². The number of benzene rings is 1. The molecule has 2 N–H and O–H groups in total. The van der Waals surface area contributed by atoms with Gasteiger partial charge in [-0.2, -0.15) is 0 Å². The van der Waals surface area contributed by atoms with Gasteiger partial charge in [-0.15, -0.1) is 0 Å².